The van der Waals surface area contributed by atoms with Crippen molar-refractivity contribution in [3.8, 4) is 5.75 Å². The number of hydrogen-bond acceptors (Lipinski definition) is 3. The van der Waals surface area contributed by atoms with Gasteiger partial charge in [-0.15, -0.1) is 0 Å². The van der Waals surface area contributed by atoms with Gasteiger partial charge in [0, 0.05) is 12.1 Å². The molecule has 2 N–H and O–H groups in total. The fourth-order valence-corrected chi connectivity index (χ4v) is 3.15. The Labute approximate surface area is 122 Å². The van der Waals surface area contributed by atoms with Crippen LogP contribution in [0.3, 0.4) is 0 Å². The molecular formula is C17H27NO2. The van der Waals surface area contributed by atoms with E-state index >= 15 is 0 Å². The van der Waals surface area contributed by atoms with Crippen LogP contribution < -0.4 is 10.1 Å². The molecule has 1 aromatic carbocycles. The van der Waals surface area contributed by atoms with E-state index in [4.69, 9.17) is 4.74 Å². The smallest absolute Gasteiger partial charge is 0.121 e. The summed E-state index contributed by atoms with van der Waals surface area (Å²) in [5.41, 5.74) is 2.04. The average molecular weight is 277 g/mol. The third-order valence-corrected chi connectivity index (χ3v) is 4.39. The highest BCUT2D eigenvalue weighted by Gasteiger charge is 2.24. The molecule has 0 radical (unpaired) electrons. The zero-order valence-electron chi connectivity index (χ0n) is 12.9. The topological polar surface area (TPSA) is 41.5 Å². The Kier molecular flexibility index (Phi) is 5.44. The van der Waals surface area contributed by atoms with Crippen LogP contribution in [0.2, 0.25) is 0 Å². The normalized spacial score (nSPS) is 19.0. The predicted octanol–water partition coefficient (Wildman–Crippen LogP) is 3.35. The van der Waals surface area contributed by atoms with E-state index in [2.05, 4.69) is 12.2 Å². The van der Waals surface area contributed by atoms with Gasteiger partial charge >= 0.3 is 0 Å². The lowest BCUT2D eigenvalue weighted by atomic mass is 9.97. The van der Waals surface area contributed by atoms with Crippen molar-refractivity contribution in [1.82, 2.24) is 5.32 Å². The molecule has 0 heterocycles. The highest BCUT2D eigenvalue weighted by molar-refractivity contribution is 5.37. The summed E-state index contributed by atoms with van der Waals surface area (Å²) in [7, 11) is 1.68. The van der Waals surface area contributed by atoms with Gasteiger partial charge < -0.3 is 15.2 Å². The van der Waals surface area contributed by atoms with E-state index in [0.717, 1.165) is 23.3 Å². The van der Waals surface area contributed by atoms with E-state index in [1.54, 1.807) is 7.11 Å². The lowest BCUT2D eigenvalue weighted by Gasteiger charge is -2.27. The van der Waals surface area contributed by atoms with Crippen LogP contribution in [0, 0.1) is 6.92 Å². The van der Waals surface area contributed by atoms with Crippen LogP contribution in [-0.4, -0.2) is 24.3 Å². The number of hydrogen-bond donors (Lipinski definition) is 2. The van der Waals surface area contributed by atoms with Gasteiger partial charge in [0.05, 0.1) is 13.2 Å². The van der Waals surface area contributed by atoms with Gasteiger partial charge in [-0.3, -0.25) is 0 Å². The molecule has 3 nitrogen and oxygen atoms in total. The molecule has 1 saturated carbocycles. The molecule has 0 spiro atoms. The maximum absolute atomic E-state index is 10.6. The van der Waals surface area contributed by atoms with Gasteiger partial charge in [-0.05, 0) is 49.4 Å². The van der Waals surface area contributed by atoms with Crippen molar-refractivity contribution < 1.29 is 9.84 Å². The highest BCUT2D eigenvalue weighted by atomic mass is 16.5. The largest absolute Gasteiger partial charge is 0.496 e. The fraction of sp³-hybridized carbons (Fsp3) is 0.647. The van der Waals surface area contributed by atoms with Crippen molar-refractivity contribution in [2.75, 3.05) is 7.11 Å². The summed E-state index contributed by atoms with van der Waals surface area (Å²) < 4.78 is 5.28. The Hall–Kier alpha value is -1.06. The molecule has 2 atom stereocenters. The molecule has 0 bridgehead atoms. The minimum absolute atomic E-state index is 0.130. The van der Waals surface area contributed by atoms with Crippen molar-refractivity contribution in [2.45, 2.75) is 64.1 Å². The van der Waals surface area contributed by atoms with Crippen LogP contribution in [-0.2, 0) is 0 Å². The zero-order chi connectivity index (χ0) is 14.5. The first-order valence-corrected chi connectivity index (χ1v) is 7.74. The number of aliphatic hydroxyl groups excluding tert-OH is 1. The minimum Gasteiger partial charge on any atom is -0.496 e. The molecule has 0 aliphatic heterocycles. The van der Waals surface area contributed by atoms with Crippen molar-refractivity contribution in [2.24, 2.45) is 0 Å². The van der Waals surface area contributed by atoms with Gasteiger partial charge in [0.25, 0.3) is 0 Å². The summed E-state index contributed by atoms with van der Waals surface area (Å²) in [5, 5.41) is 14.3. The summed E-state index contributed by atoms with van der Waals surface area (Å²) in [4.78, 5) is 0. The van der Waals surface area contributed by atoms with Gasteiger partial charge in [0.1, 0.15) is 5.75 Å². The molecule has 1 aliphatic rings. The maximum atomic E-state index is 10.6. The Morgan fingerprint density at radius 2 is 2.05 bits per heavy atom. The number of aliphatic hydroxyl groups is 1. The second-order valence-electron chi connectivity index (χ2n) is 5.84. The van der Waals surface area contributed by atoms with Gasteiger partial charge in [0.2, 0.25) is 0 Å². The van der Waals surface area contributed by atoms with Gasteiger partial charge in [-0.1, -0.05) is 25.8 Å². The van der Waals surface area contributed by atoms with Crippen molar-refractivity contribution >= 4 is 0 Å². The van der Waals surface area contributed by atoms with Crippen molar-refractivity contribution in [3.63, 3.8) is 0 Å². The second-order valence-corrected chi connectivity index (χ2v) is 5.84. The molecule has 1 fully saturated rings. The van der Waals surface area contributed by atoms with Crippen LogP contribution in [0.25, 0.3) is 0 Å². The van der Waals surface area contributed by atoms with Gasteiger partial charge in [-0.2, -0.15) is 0 Å². The monoisotopic (exact) mass is 277 g/mol. The number of rotatable bonds is 6. The predicted molar refractivity (Wildman–Crippen MR) is 82.2 cm³/mol. The maximum Gasteiger partial charge on any atom is 0.121 e. The molecule has 0 aromatic heterocycles. The van der Waals surface area contributed by atoms with Gasteiger partial charge in [0.15, 0.2) is 0 Å². The third-order valence-electron chi connectivity index (χ3n) is 4.39. The Morgan fingerprint density at radius 1 is 1.35 bits per heavy atom. The van der Waals surface area contributed by atoms with Crippen LogP contribution in [0.4, 0.5) is 0 Å². The first-order valence-electron chi connectivity index (χ1n) is 7.74. The summed E-state index contributed by atoms with van der Waals surface area (Å²) in [6.45, 7) is 4.15. The lowest BCUT2D eigenvalue weighted by molar-refractivity contribution is 0.119. The van der Waals surface area contributed by atoms with E-state index < -0.39 is 6.10 Å². The molecular weight excluding hydrogens is 250 g/mol. The Morgan fingerprint density at radius 3 is 2.60 bits per heavy atom. The van der Waals surface area contributed by atoms with Crippen LogP contribution in [0.1, 0.15) is 56.3 Å². The summed E-state index contributed by atoms with van der Waals surface area (Å²) in [6, 6.07) is 6.65. The van der Waals surface area contributed by atoms with Crippen molar-refractivity contribution in [3.05, 3.63) is 29.3 Å². The number of methoxy groups -OCH3 is 1. The number of aryl methyl sites for hydroxylation is 1. The number of nitrogens with one attached hydrogen (secondary N) is 1. The first-order chi connectivity index (χ1) is 9.65. The molecule has 112 valence electrons. The van der Waals surface area contributed by atoms with Crippen LogP contribution >= 0.6 is 0 Å². The van der Waals surface area contributed by atoms with Gasteiger partial charge in [-0.25, -0.2) is 0 Å². The SMILES string of the molecule is CCC(NC1CCCC1)C(O)c1ccc(OC)c(C)c1. The van der Waals surface area contributed by atoms with E-state index in [0.29, 0.717) is 6.04 Å². The molecule has 0 amide bonds. The molecule has 0 saturated heterocycles. The summed E-state index contributed by atoms with van der Waals surface area (Å²) in [6.07, 6.45) is 5.58. The lowest BCUT2D eigenvalue weighted by Crippen LogP contribution is -2.40. The fourth-order valence-electron chi connectivity index (χ4n) is 3.15. The Bertz CT molecular complexity index is 427. The quantitative estimate of drug-likeness (QED) is 0.838. The standard InChI is InChI=1S/C17H27NO2/c1-4-15(18-14-7-5-6-8-14)17(19)13-9-10-16(20-3)12(2)11-13/h9-11,14-15,17-19H,4-8H2,1-3H3. The number of benzene rings is 1. The Balaban J connectivity index is 2.06. The van der Waals surface area contributed by atoms with E-state index in [9.17, 15) is 5.11 Å². The van der Waals surface area contributed by atoms with Crippen LogP contribution in [0.15, 0.2) is 18.2 Å². The average Bonchev–Trinajstić information content (AvgIpc) is 2.97. The van der Waals surface area contributed by atoms with E-state index in [1.807, 2.05) is 25.1 Å². The third kappa shape index (κ3) is 3.53. The molecule has 1 aliphatic carbocycles. The molecule has 20 heavy (non-hydrogen) atoms. The highest BCUT2D eigenvalue weighted by Crippen LogP contribution is 2.27. The van der Waals surface area contributed by atoms with E-state index in [1.165, 1.54) is 25.7 Å². The van der Waals surface area contributed by atoms with Crippen LogP contribution in [0.5, 0.6) is 5.75 Å². The molecule has 2 rings (SSSR count). The number of ether oxygens (including phenoxy) is 1. The second kappa shape index (κ2) is 7.09. The summed E-state index contributed by atoms with van der Waals surface area (Å²) >= 11 is 0. The zero-order valence-corrected chi connectivity index (χ0v) is 12.9. The molecule has 2 unspecified atom stereocenters. The molecule has 3 heteroatoms. The van der Waals surface area contributed by atoms with E-state index in [-0.39, 0.29) is 6.04 Å². The first kappa shape index (κ1) is 15.3. The summed E-state index contributed by atoms with van der Waals surface area (Å²) in [5.74, 6) is 0.873. The molecule has 1 aromatic rings. The minimum atomic E-state index is -0.454. The van der Waals surface area contributed by atoms with Crippen molar-refractivity contribution in [1.29, 1.82) is 0 Å².